The van der Waals surface area contributed by atoms with Gasteiger partial charge in [-0.25, -0.2) is 0 Å². The molecule has 144 valence electrons. The summed E-state index contributed by atoms with van der Waals surface area (Å²) in [5.74, 6) is 0.844. The van der Waals surface area contributed by atoms with Crippen molar-refractivity contribution in [3.05, 3.63) is 82.7 Å². The lowest BCUT2D eigenvalue weighted by Crippen LogP contribution is -1.98. The summed E-state index contributed by atoms with van der Waals surface area (Å²) < 4.78 is 6.12. The number of hydrogen-bond acceptors (Lipinski definition) is 3. The first-order valence-corrected chi connectivity index (χ1v) is 9.80. The molecule has 0 aliphatic rings. The number of rotatable bonds is 5. The number of aryl methyl sites for hydroxylation is 2. The fraction of sp³-hybridized carbons (Fsp3) is 0.200. The number of aromatic amines is 1. The van der Waals surface area contributed by atoms with Gasteiger partial charge in [0.2, 0.25) is 0 Å². The van der Waals surface area contributed by atoms with Crippen LogP contribution >= 0.6 is 0 Å². The molecule has 0 radical (unpaired) electrons. The van der Waals surface area contributed by atoms with E-state index in [4.69, 9.17) is 4.74 Å². The number of aromatic nitrogens is 2. The smallest absolute Gasteiger partial charge is 0.131 e. The maximum atomic E-state index is 9.58. The molecule has 4 heteroatoms. The zero-order valence-corrected chi connectivity index (χ0v) is 16.9. The molecule has 0 aliphatic carbocycles. The van der Waals surface area contributed by atoms with Gasteiger partial charge in [-0.3, -0.25) is 4.98 Å². The van der Waals surface area contributed by atoms with Crippen molar-refractivity contribution in [1.29, 1.82) is 5.26 Å². The Bertz CT molecular complexity index is 1210. The fourth-order valence-electron chi connectivity index (χ4n) is 3.76. The number of hydrogen-bond donors (Lipinski definition) is 1. The Morgan fingerprint density at radius 3 is 2.55 bits per heavy atom. The number of fused-ring (bicyclic) bond motifs is 1. The van der Waals surface area contributed by atoms with E-state index in [1.807, 2.05) is 56.3 Å². The largest absolute Gasteiger partial charge is 0.488 e. The maximum Gasteiger partial charge on any atom is 0.131 e. The van der Waals surface area contributed by atoms with E-state index in [2.05, 4.69) is 35.1 Å². The van der Waals surface area contributed by atoms with Crippen LogP contribution in [0.1, 0.15) is 35.0 Å². The van der Waals surface area contributed by atoms with Crippen molar-refractivity contribution in [1.82, 2.24) is 9.97 Å². The van der Waals surface area contributed by atoms with Gasteiger partial charge in [-0.15, -0.1) is 0 Å². The number of nitrogens with zero attached hydrogens (tertiary/aromatic N) is 2. The van der Waals surface area contributed by atoms with E-state index in [-0.39, 0.29) is 0 Å². The summed E-state index contributed by atoms with van der Waals surface area (Å²) in [6, 6.07) is 20.5. The fourth-order valence-corrected chi connectivity index (χ4v) is 3.76. The van der Waals surface area contributed by atoms with E-state index >= 15 is 0 Å². The van der Waals surface area contributed by atoms with Crippen molar-refractivity contribution >= 4 is 10.9 Å². The van der Waals surface area contributed by atoms with Crippen LogP contribution in [-0.4, -0.2) is 9.97 Å². The van der Waals surface area contributed by atoms with Gasteiger partial charge in [0.1, 0.15) is 18.4 Å². The van der Waals surface area contributed by atoms with Crippen LogP contribution in [0, 0.1) is 25.2 Å². The highest BCUT2D eigenvalue weighted by atomic mass is 16.5. The molecule has 4 nitrogen and oxygen atoms in total. The molecule has 4 rings (SSSR count). The molecule has 0 fully saturated rings. The van der Waals surface area contributed by atoms with Gasteiger partial charge in [0, 0.05) is 22.8 Å². The molecule has 0 spiro atoms. The monoisotopic (exact) mass is 381 g/mol. The third kappa shape index (κ3) is 3.60. The Morgan fingerprint density at radius 1 is 1.07 bits per heavy atom. The molecular weight excluding hydrogens is 358 g/mol. The van der Waals surface area contributed by atoms with Crippen molar-refractivity contribution in [3.8, 4) is 23.1 Å². The first-order chi connectivity index (χ1) is 14.1. The van der Waals surface area contributed by atoms with E-state index in [1.165, 1.54) is 0 Å². The lowest BCUT2D eigenvalue weighted by molar-refractivity contribution is 0.309. The number of nitriles is 1. The molecule has 0 aliphatic heterocycles. The van der Waals surface area contributed by atoms with Crippen LogP contribution in [-0.2, 0) is 13.0 Å². The van der Waals surface area contributed by atoms with Crippen molar-refractivity contribution in [2.75, 3.05) is 0 Å². The second-order valence-corrected chi connectivity index (χ2v) is 7.21. The van der Waals surface area contributed by atoms with Gasteiger partial charge in [-0.2, -0.15) is 5.26 Å². The minimum absolute atomic E-state index is 0.475. The van der Waals surface area contributed by atoms with E-state index in [1.54, 1.807) is 0 Å². The molecule has 0 atom stereocenters. The topological polar surface area (TPSA) is 61.7 Å². The van der Waals surface area contributed by atoms with Crippen LogP contribution in [0.2, 0.25) is 0 Å². The zero-order chi connectivity index (χ0) is 20.4. The number of H-pyrrole nitrogens is 1. The van der Waals surface area contributed by atoms with Gasteiger partial charge in [0.25, 0.3) is 0 Å². The Hall–Kier alpha value is -3.58. The molecule has 2 heterocycles. The van der Waals surface area contributed by atoms with E-state index in [0.717, 1.165) is 62.4 Å². The van der Waals surface area contributed by atoms with Gasteiger partial charge in [-0.1, -0.05) is 43.3 Å². The molecule has 2 aromatic carbocycles. The molecule has 0 saturated heterocycles. The molecule has 29 heavy (non-hydrogen) atoms. The van der Waals surface area contributed by atoms with Crippen LogP contribution in [0.5, 0.6) is 5.75 Å². The van der Waals surface area contributed by atoms with Crippen molar-refractivity contribution < 1.29 is 4.74 Å². The number of para-hydroxylation sites is 1. The number of ether oxygens (including phenoxy) is 1. The third-order valence-electron chi connectivity index (χ3n) is 5.23. The zero-order valence-electron chi connectivity index (χ0n) is 16.9. The maximum absolute atomic E-state index is 9.58. The quantitative estimate of drug-likeness (QED) is 0.471. The van der Waals surface area contributed by atoms with Crippen LogP contribution < -0.4 is 4.74 Å². The van der Waals surface area contributed by atoms with E-state index in [0.29, 0.717) is 6.61 Å². The van der Waals surface area contributed by atoms with Gasteiger partial charge in [0.15, 0.2) is 0 Å². The highest BCUT2D eigenvalue weighted by molar-refractivity contribution is 5.85. The molecule has 4 aromatic rings. The van der Waals surface area contributed by atoms with Crippen molar-refractivity contribution in [2.24, 2.45) is 0 Å². The predicted molar refractivity (Wildman–Crippen MR) is 116 cm³/mol. The third-order valence-corrected chi connectivity index (χ3v) is 5.23. The number of nitrogens with one attached hydrogen (secondary N) is 1. The van der Waals surface area contributed by atoms with E-state index in [9.17, 15) is 5.26 Å². The number of benzene rings is 2. The molecular formula is C25H23N3O. The molecule has 0 unspecified atom stereocenters. The first kappa shape index (κ1) is 18.8. The average molecular weight is 381 g/mol. The molecule has 0 bridgehead atoms. The molecule has 0 saturated carbocycles. The summed E-state index contributed by atoms with van der Waals surface area (Å²) in [6.07, 6.45) is 0.844. The highest BCUT2D eigenvalue weighted by Crippen LogP contribution is 2.29. The molecule has 1 N–H and O–H groups in total. The Balaban J connectivity index is 1.57. The van der Waals surface area contributed by atoms with Crippen LogP contribution in [0.25, 0.3) is 22.2 Å². The summed E-state index contributed by atoms with van der Waals surface area (Å²) in [4.78, 5) is 7.93. The van der Waals surface area contributed by atoms with E-state index < -0.39 is 0 Å². The van der Waals surface area contributed by atoms with Crippen molar-refractivity contribution in [2.45, 2.75) is 33.8 Å². The van der Waals surface area contributed by atoms with Gasteiger partial charge in [0.05, 0.1) is 16.8 Å². The van der Waals surface area contributed by atoms with Gasteiger partial charge < -0.3 is 9.72 Å². The van der Waals surface area contributed by atoms with Crippen LogP contribution in [0.3, 0.4) is 0 Å². The summed E-state index contributed by atoms with van der Waals surface area (Å²) in [6.45, 7) is 6.55. The molecule has 2 aromatic heterocycles. The minimum atomic E-state index is 0.475. The Kier molecular flexibility index (Phi) is 5.05. The SMILES string of the molecule is CCc1c(C)[nH]c(-c2ccc(COc3cc(C)nc4ccccc34)cc2)c1C#N. The second kappa shape index (κ2) is 7.81. The normalized spacial score (nSPS) is 10.8. The van der Waals surface area contributed by atoms with Gasteiger partial charge >= 0.3 is 0 Å². The summed E-state index contributed by atoms with van der Waals surface area (Å²) in [7, 11) is 0. The second-order valence-electron chi connectivity index (χ2n) is 7.21. The standard InChI is InChI=1S/C25H23N3O/c1-4-20-17(3)28-25(22(20)14-26)19-11-9-18(10-12-19)15-29-24-13-16(2)27-23-8-6-5-7-21(23)24/h5-13,28H,4,15H2,1-3H3. The van der Waals surface area contributed by atoms with Crippen LogP contribution in [0.4, 0.5) is 0 Å². The summed E-state index contributed by atoms with van der Waals surface area (Å²) in [5.41, 5.74) is 7.75. The van der Waals surface area contributed by atoms with Crippen LogP contribution in [0.15, 0.2) is 54.6 Å². The number of pyridine rings is 1. The van der Waals surface area contributed by atoms with Gasteiger partial charge in [-0.05, 0) is 49.1 Å². The molecule has 0 amide bonds. The lowest BCUT2D eigenvalue weighted by atomic mass is 10.0. The highest BCUT2D eigenvalue weighted by Gasteiger charge is 2.15. The summed E-state index contributed by atoms with van der Waals surface area (Å²) in [5, 5.41) is 10.6. The first-order valence-electron chi connectivity index (χ1n) is 9.80. The minimum Gasteiger partial charge on any atom is -0.488 e. The predicted octanol–water partition coefficient (Wildman–Crippen LogP) is 5.86. The Morgan fingerprint density at radius 2 is 1.83 bits per heavy atom. The lowest BCUT2D eigenvalue weighted by Gasteiger charge is -2.11. The Labute approximate surface area is 170 Å². The van der Waals surface area contributed by atoms with Crippen molar-refractivity contribution in [3.63, 3.8) is 0 Å². The average Bonchev–Trinajstić information content (AvgIpc) is 3.07. The summed E-state index contributed by atoms with van der Waals surface area (Å²) >= 11 is 0.